The number of nitrogens with zero attached hydrogens (tertiary/aromatic N) is 2. The van der Waals surface area contributed by atoms with Crippen molar-refractivity contribution in [2.75, 3.05) is 18.5 Å². The second kappa shape index (κ2) is 8.49. The predicted molar refractivity (Wildman–Crippen MR) is 94.9 cm³/mol. The molecule has 0 saturated carbocycles. The summed E-state index contributed by atoms with van der Waals surface area (Å²) >= 11 is 0. The lowest BCUT2D eigenvalue weighted by Crippen LogP contribution is -2.30. The highest BCUT2D eigenvalue weighted by atomic mass is 16.3. The molecule has 3 N–H and O–H groups in total. The number of amides is 1. The van der Waals surface area contributed by atoms with Gasteiger partial charge < -0.3 is 15.7 Å². The molecule has 2 aromatic rings. The summed E-state index contributed by atoms with van der Waals surface area (Å²) in [5, 5.41) is 18.9. The van der Waals surface area contributed by atoms with Crippen LogP contribution < -0.4 is 10.6 Å². The highest BCUT2D eigenvalue weighted by Crippen LogP contribution is 2.21. The fourth-order valence-electron chi connectivity index (χ4n) is 2.43. The number of aromatic nitrogens is 2. The SMILES string of the molecule is CC(C)c1ccc(C(C)Nc2cnn(CC(=O)NCCO)c2)cc1. The maximum Gasteiger partial charge on any atom is 0.241 e. The third-order valence-corrected chi connectivity index (χ3v) is 3.86. The summed E-state index contributed by atoms with van der Waals surface area (Å²) < 4.78 is 1.57. The Kier molecular flexibility index (Phi) is 6.37. The first-order valence-corrected chi connectivity index (χ1v) is 8.26. The Balaban J connectivity index is 1.92. The third kappa shape index (κ3) is 5.09. The maximum absolute atomic E-state index is 11.6. The number of rotatable bonds is 8. The van der Waals surface area contributed by atoms with Gasteiger partial charge in [-0.2, -0.15) is 5.10 Å². The van der Waals surface area contributed by atoms with Crippen molar-refractivity contribution >= 4 is 11.6 Å². The Morgan fingerprint density at radius 1 is 1.21 bits per heavy atom. The van der Waals surface area contributed by atoms with E-state index < -0.39 is 0 Å². The average molecular weight is 330 g/mol. The first kappa shape index (κ1) is 18.0. The van der Waals surface area contributed by atoms with E-state index in [-0.39, 0.29) is 31.6 Å². The second-order valence-electron chi connectivity index (χ2n) is 6.19. The Bertz CT molecular complexity index is 649. The van der Waals surface area contributed by atoms with Gasteiger partial charge in [-0.15, -0.1) is 0 Å². The smallest absolute Gasteiger partial charge is 0.241 e. The van der Waals surface area contributed by atoms with Crippen LogP contribution in [0.25, 0.3) is 0 Å². The van der Waals surface area contributed by atoms with E-state index in [4.69, 9.17) is 5.11 Å². The highest BCUT2D eigenvalue weighted by Gasteiger charge is 2.09. The lowest BCUT2D eigenvalue weighted by molar-refractivity contribution is -0.122. The van der Waals surface area contributed by atoms with Gasteiger partial charge in [-0.25, -0.2) is 0 Å². The van der Waals surface area contributed by atoms with Gasteiger partial charge in [0.15, 0.2) is 0 Å². The molecule has 1 aromatic heterocycles. The molecule has 0 aliphatic rings. The van der Waals surface area contributed by atoms with E-state index in [1.54, 1.807) is 17.1 Å². The molecule has 0 radical (unpaired) electrons. The van der Waals surface area contributed by atoms with Crippen molar-refractivity contribution in [2.24, 2.45) is 0 Å². The number of nitrogens with one attached hydrogen (secondary N) is 2. The molecular weight excluding hydrogens is 304 g/mol. The van der Waals surface area contributed by atoms with E-state index in [2.05, 4.69) is 60.8 Å². The van der Waals surface area contributed by atoms with Gasteiger partial charge in [-0.3, -0.25) is 9.48 Å². The number of hydrogen-bond donors (Lipinski definition) is 3. The summed E-state index contributed by atoms with van der Waals surface area (Å²) in [5.74, 6) is 0.355. The topological polar surface area (TPSA) is 79.2 Å². The van der Waals surface area contributed by atoms with Crippen molar-refractivity contribution < 1.29 is 9.90 Å². The fraction of sp³-hybridized carbons (Fsp3) is 0.444. The molecule has 1 atom stereocenters. The van der Waals surface area contributed by atoms with Crippen LogP contribution in [0.15, 0.2) is 36.7 Å². The standard InChI is InChI=1S/C18H26N4O2/c1-13(2)15-4-6-16(7-5-15)14(3)21-17-10-20-22(11-17)12-18(24)19-8-9-23/h4-7,10-11,13-14,21,23H,8-9,12H2,1-3H3,(H,19,24). The van der Waals surface area contributed by atoms with Gasteiger partial charge in [-0.05, 0) is 24.0 Å². The largest absolute Gasteiger partial charge is 0.395 e. The van der Waals surface area contributed by atoms with E-state index in [9.17, 15) is 4.79 Å². The number of carbonyl (C=O) groups is 1. The molecule has 24 heavy (non-hydrogen) atoms. The molecule has 1 heterocycles. The molecule has 0 fully saturated rings. The Morgan fingerprint density at radius 2 is 1.88 bits per heavy atom. The predicted octanol–water partition coefficient (Wildman–Crippen LogP) is 2.29. The van der Waals surface area contributed by atoms with Crippen molar-refractivity contribution in [2.45, 2.75) is 39.3 Å². The van der Waals surface area contributed by atoms with Crippen LogP contribution in [0.5, 0.6) is 0 Å². The molecule has 0 bridgehead atoms. The molecule has 6 heteroatoms. The normalized spacial score (nSPS) is 12.2. The van der Waals surface area contributed by atoms with E-state index >= 15 is 0 Å². The van der Waals surface area contributed by atoms with Crippen LogP contribution >= 0.6 is 0 Å². The van der Waals surface area contributed by atoms with E-state index in [1.165, 1.54) is 11.1 Å². The monoisotopic (exact) mass is 330 g/mol. The van der Waals surface area contributed by atoms with Crippen LogP contribution in [0.3, 0.4) is 0 Å². The molecular formula is C18H26N4O2. The van der Waals surface area contributed by atoms with Gasteiger partial charge in [0.2, 0.25) is 5.91 Å². The summed E-state index contributed by atoms with van der Waals surface area (Å²) in [6.45, 7) is 6.79. The van der Waals surface area contributed by atoms with Gasteiger partial charge in [0, 0.05) is 18.8 Å². The molecule has 130 valence electrons. The van der Waals surface area contributed by atoms with Crippen LogP contribution in [0, 0.1) is 0 Å². The Morgan fingerprint density at radius 3 is 2.50 bits per heavy atom. The zero-order chi connectivity index (χ0) is 17.5. The molecule has 0 spiro atoms. The van der Waals surface area contributed by atoms with Crippen LogP contribution in [0.4, 0.5) is 5.69 Å². The zero-order valence-corrected chi connectivity index (χ0v) is 14.5. The summed E-state index contributed by atoms with van der Waals surface area (Å²) in [6.07, 6.45) is 3.51. The van der Waals surface area contributed by atoms with Gasteiger partial charge in [0.1, 0.15) is 6.54 Å². The van der Waals surface area contributed by atoms with Crippen molar-refractivity contribution in [1.29, 1.82) is 0 Å². The Labute approximate surface area is 142 Å². The van der Waals surface area contributed by atoms with Crippen molar-refractivity contribution in [3.63, 3.8) is 0 Å². The number of carbonyl (C=O) groups excluding carboxylic acids is 1. The van der Waals surface area contributed by atoms with Gasteiger partial charge >= 0.3 is 0 Å². The summed E-state index contributed by atoms with van der Waals surface area (Å²) in [4.78, 5) is 11.6. The Hall–Kier alpha value is -2.34. The molecule has 2 rings (SSSR count). The van der Waals surface area contributed by atoms with E-state index in [0.717, 1.165) is 5.69 Å². The quantitative estimate of drug-likeness (QED) is 0.694. The fourth-order valence-corrected chi connectivity index (χ4v) is 2.43. The van der Waals surface area contributed by atoms with Crippen LogP contribution in [0.1, 0.15) is 43.9 Å². The van der Waals surface area contributed by atoms with Crippen LogP contribution in [-0.2, 0) is 11.3 Å². The van der Waals surface area contributed by atoms with Gasteiger partial charge in [-0.1, -0.05) is 38.1 Å². The minimum Gasteiger partial charge on any atom is -0.395 e. The van der Waals surface area contributed by atoms with Crippen LogP contribution in [0.2, 0.25) is 0 Å². The first-order valence-electron chi connectivity index (χ1n) is 8.26. The van der Waals surface area contributed by atoms with Crippen molar-refractivity contribution in [3.8, 4) is 0 Å². The lowest BCUT2D eigenvalue weighted by Gasteiger charge is -2.15. The summed E-state index contributed by atoms with van der Waals surface area (Å²) in [7, 11) is 0. The minimum absolute atomic E-state index is 0.0647. The van der Waals surface area contributed by atoms with E-state index in [1.807, 2.05) is 0 Å². The summed E-state index contributed by atoms with van der Waals surface area (Å²) in [5.41, 5.74) is 3.39. The molecule has 1 unspecified atom stereocenters. The number of aliphatic hydroxyl groups is 1. The molecule has 0 aliphatic heterocycles. The molecule has 0 aliphatic carbocycles. The van der Waals surface area contributed by atoms with Gasteiger partial charge in [0.25, 0.3) is 0 Å². The number of benzene rings is 1. The second-order valence-corrected chi connectivity index (χ2v) is 6.19. The maximum atomic E-state index is 11.6. The number of anilines is 1. The number of hydrogen-bond acceptors (Lipinski definition) is 4. The van der Waals surface area contributed by atoms with Crippen LogP contribution in [-0.4, -0.2) is 33.9 Å². The van der Waals surface area contributed by atoms with Crippen molar-refractivity contribution in [3.05, 3.63) is 47.8 Å². The molecule has 1 amide bonds. The number of aliphatic hydroxyl groups excluding tert-OH is 1. The molecule has 0 saturated heterocycles. The minimum atomic E-state index is -0.170. The first-order chi connectivity index (χ1) is 11.5. The van der Waals surface area contributed by atoms with Gasteiger partial charge in [0.05, 0.1) is 18.5 Å². The highest BCUT2D eigenvalue weighted by molar-refractivity contribution is 5.75. The average Bonchev–Trinajstić information content (AvgIpc) is 2.99. The summed E-state index contributed by atoms with van der Waals surface area (Å²) in [6, 6.07) is 8.74. The van der Waals surface area contributed by atoms with Crippen molar-refractivity contribution in [1.82, 2.24) is 15.1 Å². The molecule has 1 aromatic carbocycles. The lowest BCUT2D eigenvalue weighted by atomic mass is 9.99. The zero-order valence-electron chi connectivity index (χ0n) is 14.5. The van der Waals surface area contributed by atoms with E-state index in [0.29, 0.717) is 5.92 Å². The third-order valence-electron chi connectivity index (χ3n) is 3.86. The molecule has 6 nitrogen and oxygen atoms in total.